The topological polar surface area (TPSA) is 230 Å². The quantitative estimate of drug-likeness (QED) is 0.0410. The number of nitro groups is 1. The summed E-state index contributed by atoms with van der Waals surface area (Å²) in [4.78, 5) is 56.5. The lowest BCUT2D eigenvalue weighted by atomic mass is 10.0. The number of carbonyl (C=O) groups is 2. The van der Waals surface area contributed by atoms with Gasteiger partial charge in [0.1, 0.15) is 51.5 Å². The van der Waals surface area contributed by atoms with Crippen molar-refractivity contribution in [2.45, 2.75) is 0 Å². The Hall–Kier alpha value is -9.13. The highest BCUT2D eigenvalue weighted by Gasteiger charge is 2.29. The zero-order valence-electron chi connectivity index (χ0n) is 49.8. The Morgan fingerprint density at radius 2 is 0.945 bits per heavy atom. The molecule has 0 atom stereocenters. The molecule has 2 aliphatic rings. The Kier molecular flexibility index (Phi) is 20.2. The van der Waals surface area contributed by atoms with E-state index in [-0.39, 0.29) is 16.5 Å². The van der Waals surface area contributed by atoms with Crippen molar-refractivity contribution in [2.75, 3.05) is 110 Å². The van der Waals surface area contributed by atoms with Crippen LogP contribution in [0.1, 0.15) is 0 Å². The number of allylic oxidation sites excluding steroid dienone is 1. The van der Waals surface area contributed by atoms with Crippen molar-refractivity contribution in [3.8, 4) is 79.3 Å². The summed E-state index contributed by atoms with van der Waals surface area (Å²) in [5, 5.41) is 17.5. The first kappa shape index (κ1) is 64.8. The van der Waals surface area contributed by atoms with E-state index in [9.17, 15) is 19.7 Å². The van der Waals surface area contributed by atoms with Crippen LogP contribution in [0, 0.1) is 10.1 Å². The molecule has 6 aromatic heterocycles. The number of amides is 1. The molecule has 0 saturated carbocycles. The molecule has 2 fully saturated rings. The number of imidazole rings is 2. The minimum atomic E-state index is -0.509. The number of rotatable bonds is 16. The van der Waals surface area contributed by atoms with Crippen molar-refractivity contribution in [1.29, 1.82) is 0 Å². The van der Waals surface area contributed by atoms with Gasteiger partial charge in [-0.15, -0.1) is 0 Å². The van der Waals surface area contributed by atoms with E-state index in [1.54, 1.807) is 50.1 Å². The highest BCUT2D eigenvalue weighted by molar-refractivity contribution is 6.66. The molecule has 2 saturated heterocycles. The summed E-state index contributed by atoms with van der Waals surface area (Å²) >= 11 is 31.8. The molecule has 470 valence electrons. The fraction of sp³-hybridized carbons (Fsp3) is 0.219. The molecule has 27 heteroatoms. The van der Waals surface area contributed by atoms with Crippen molar-refractivity contribution in [3.05, 3.63) is 153 Å². The molecule has 91 heavy (non-hydrogen) atoms. The van der Waals surface area contributed by atoms with Gasteiger partial charge < -0.3 is 53.0 Å². The molecule has 0 unspecified atom stereocenters. The third-order valence-electron chi connectivity index (χ3n) is 15.1. The Labute approximate surface area is 546 Å². The number of hydrogen-bond donors (Lipinski definition) is 1. The van der Waals surface area contributed by atoms with Gasteiger partial charge in [0.2, 0.25) is 11.1 Å². The lowest BCUT2D eigenvalue weighted by Crippen LogP contribution is -2.36. The minimum absolute atomic E-state index is 0.0334. The lowest BCUT2D eigenvalue weighted by molar-refractivity contribution is -0.384. The number of morpholine rings is 2. The van der Waals surface area contributed by atoms with Crippen LogP contribution in [0.4, 0.5) is 22.7 Å². The highest BCUT2D eigenvalue weighted by atomic mass is 35.5. The average Bonchev–Trinajstić information content (AvgIpc) is 1.75. The lowest BCUT2D eigenvalue weighted by Gasteiger charge is -2.31. The number of anilines is 3. The number of carbonyl (C=O) groups excluding carboxylic acids is 2. The van der Waals surface area contributed by atoms with Gasteiger partial charge in [0.25, 0.3) is 5.69 Å². The normalized spacial score (nSPS) is 13.0. The zero-order valence-corrected chi connectivity index (χ0v) is 53.6. The van der Waals surface area contributed by atoms with Gasteiger partial charge in [-0.1, -0.05) is 59.6 Å². The number of benzene rings is 4. The van der Waals surface area contributed by atoms with Crippen molar-refractivity contribution in [3.63, 3.8) is 0 Å². The monoisotopic (exact) mass is 1330 g/mol. The molecule has 1 amide bonds. The maximum absolute atomic E-state index is 12.4. The summed E-state index contributed by atoms with van der Waals surface area (Å²) in [7, 11) is 9.24. The van der Waals surface area contributed by atoms with Crippen molar-refractivity contribution >= 4 is 125 Å². The number of fused-ring (bicyclic) bond motifs is 6. The predicted molar refractivity (Wildman–Crippen MR) is 355 cm³/mol. The van der Waals surface area contributed by atoms with Gasteiger partial charge in [-0.2, -0.15) is 0 Å². The van der Waals surface area contributed by atoms with Gasteiger partial charge in [-0.3, -0.25) is 38.5 Å². The second-order valence-corrected chi connectivity index (χ2v) is 21.8. The number of methoxy groups -OCH3 is 6. The Bertz CT molecular complexity index is 4440. The third-order valence-corrected chi connectivity index (χ3v) is 16.7. The number of pyridine rings is 4. The molecule has 0 spiro atoms. The van der Waals surface area contributed by atoms with Crippen LogP contribution < -0.4 is 43.5 Å². The first-order valence-electron chi connectivity index (χ1n) is 27.7. The molecule has 10 aromatic rings. The van der Waals surface area contributed by atoms with Crippen LogP contribution in [0.2, 0.25) is 20.1 Å². The molecule has 8 heterocycles. The Morgan fingerprint density at radius 3 is 1.33 bits per heavy atom. The summed E-state index contributed by atoms with van der Waals surface area (Å²) in [6.45, 7) is 11.3. The molecular weight excluding hydrogens is 1280 g/mol. The molecule has 0 radical (unpaired) electrons. The van der Waals surface area contributed by atoms with Crippen LogP contribution in [0.3, 0.4) is 0 Å². The second kappa shape index (κ2) is 28.4. The van der Waals surface area contributed by atoms with E-state index in [0.29, 0.717) is 175 Å². The largest absolute Gasteiger partial charge is 0.496 e. The first-order valence-corrected chi connectivity index (χ1v) is 29.6. The molecule has 22 nitrogen and oxygen atoms in total. The molecule has 0 aliphatic carbocycles. The van der Waals surface area contributed by atoms with E-state index < -0.39 is 5.24 Å². The number of nitro benzene ring substituents is 1. The number of halogens is 5. The molecule has 1 N–H and O–H groups in total. The number of hydrogen-bond acceptors (Lipinski definition) is 18. The third kappa shape index (κ3) is 13.0. The Balaban J connectivity index is 0.000000186. The SMILES string of the molecule is C=CC(=O)Cl.C=CC(=O)Nc1cc(-c2cc3c(cn2)cc(-c2c(Cl)c(OC)cc(OC)c2Cl)c2nccn23)c(OC)cc1N1CCOCC1.COc1cc(N2CCOCC2)c([N+](=O)[O-])cc1-c1cc2c(cn1)cc(-c1c(Cl)c(OC)cc(OC)c1Cl)c1nccn12. The summed E-state index contributed by atoms with van der Waals surface area (Å²) in [6, 6.07) is 17.9. The van der Waals surface area contributed by atoms with Crippen molar-refractivity contribution < 1.29 is 52.4 Å². The standard InChI is InChI=1S/C32H29Cl2N5O5.C29H25Cl2N5O6.C3H3ClO/c1-5-28(40)37-22-13-19(25(41-2)15-24(22)38-8-10-44-11-9-38)21-14-23-18(17-36-21)12-20(32-35-6-7-39(23)32)29-30(33)26(42-3)16-27(43-4)31(29)34;1-39-23-13-21(34-6-8-42-9-7-34)22(36(37)38)11-17(23)19-12-20-16(15-33-19)10-18(29-32-4-5-35(20)29)26-27(30)24(40-2)14-25(41-3)28(26)31;1-2-3(4)5/h5-7,12-17H,1,8-11H2,2-4H3,(H,37,40);4-5,10-15H,6-9H2,1-3H3;2H,1H2. The zero-order chi connectivity index (χ0) is 64.8. The van der Waals surface area contributed by atoms with Crippen molar-refractivity contribution in [1.82, 2.24) is 28.7 Å². The van der Waals surface area contributed by atoms with Gasteiger partial charge in [0, 0.05) is 138 Å². The van der Waals surface area contributed by atoms with Gasteiger partial charge in [-0.25, -0.2) is 9.97 Å². The molecule has 4 aromatic carbocycles. The summed E-state index contributed by atoms with van der Waals surface area (Å²) in [5.41, 5.74) is 9.41. The number of nitrogens with one attached hydrogen (secondary N) is 1. The average molecular weight is 1340 g/mol. The van der Waals surface area contributed by atoms with Gasteiger partial charge >= 0.3 is 0 Å². The van der Waals surface area contributed by atoms with E-state index in [1.165, 1.54) is 47.7 Å². The summed E-state index contributed by atoms with van der Waals surface area (Å²) in [6.07, 6.45) is 12.8. The van der Waals surface area contributed by atoms with Crippen LogP contribution in [-0.2, 0) is 19.1 Å². The maximum Gasteiger partial charge on any atom is 0.293 e. The molecule has 2 aliphatic heterocycles. The predicted octanol–water partition coefficient (Wildman–Crippen LogP) is 13.7. The highest BCUT2D eigenvalue weighted by Crippen LogP contribution is 2.50. The fourth-order valence-electron chi connectivity index (χ4n) is 10.7. The van der Waals surface area contributed by atoms with Crippen LogP contribution in [-0.4, -0.2) is 140 Å². The smallest absolute Gasteiger partial charge is 0.293 e. The molecule has 0 bridgehead atoms. The Morgan fingerprint density at radius 1 is 0.549 bits per heavy atom. The van der Waals surface area contributed by atoms with Crippen LogP contribution in [0.15, 0.2) is 123 Å². The van der Waals surface area contributed by atoms with E-state index in [0.717, 1.165) is 33.6 Å². The maximum atomic E-state index is 12.4. The fourth-order valence-corrected chi connectivity index (χ4v) is 12.1. The van der Waals surface area contributed by atoms with E-state index in [4.69, 9.17) is 101 Å². The van der Waals surface area contributed by atoms with Gasteiger partial charge in [-0.05, 0) is 54.1 Å². The second-order valence-electron chi connectivity index (χ2n) is 20.0. The minimum Gasteiger partial charge on any atom is -0.496 e. The van der Waals surface area contributed by atoms with Crippen LogP contribution in [0.5, 0.6) is 34.5 Å². The van der Waals surface area contributed by atoms with E-state index in [2.05, 4.69) is 38.3 Å². The summed E-state index contributed by atoms with van der Waals surface area (Å²) in [5.74, 6) is 2.41. The van der Waals surface area contributed by atoms with E-state index in [1.807, 2.05) is 62.5 Å². The molecule has 12 rings (SSSR count). The molecular formula is C64H57Cl5N10O12. The number of aromatic nitrogens is 6. The van der Waals surface area contributed by atoms with Gasteiger partial charge in [0.15, 0.2) is 0 Å². The van der Waals surface area contributed by atoms with Gasteiger partial charge in [0.05, 0.1) is 128 Å². The van der Waals surface area contributed by atoms with Crippen LogP contribution >= 0.6 is 58.0 Å². The van der Waals surface area contributed by atoms with E-state index >= 15 is 0 Å². The van der Waals surface area contributed by atoms with Crippen LogP contribution in [0.25, 0.3) is 77.9 Å². The summed E-state index contributed by atoms with van der Waals surface area (Å²) < 4.78 is 48.3. The number of ether oxygens (including phenoxy) is 8. The van der Waals surface area contributed by atoms with Crippen molar-refractivity contribution in [2.24, 2.45) is 0 Å². The number of nitrogens with zero attached hydrogens (tertiary/aromatic N) is 9. The first-order chi connectivity index (χ1) is 44.0.